The standard InChI is InChI=1S/C21H30N4O3/c1-22-21(23-10-5-11-27-16-17-8-12-26-13-9-17)24-15-19-14-20(28-25-19)18-6-3-2-4-7-18/h2-4,6-7,14,17H,5,8-13,15-16H2,1H3,(H2,22,23,24). The van der Waals surface area contributed by atoms with E-state index in [9.17, 15) is 0 Å². The van der Waals surface area contributed by atoms with Crippen LogP contribution in [0.2, 0.25) is 0 Å². The molecule has 152 valence electrons. The van der Waals surface area contributed by atoms with Crippen molar-refractivity contribution in [2.24, 2.45) is 10.9 Å². The summed E-state index contributed by atoms with van der Waals surface area (Å²) < 4.78 is 16.6. The number of aromatic nitrogens is 1. The van der Waals surface area contributed by atoms with E-state index in [1.54, 1.807) is 7.05 Å². The molecule has 1 aliphatic rings. The van der Waals surface area contributed by atoms with Crippen molar-refractivity contribution < 1.29 is 14.0 Å². The average Bonchev–Trinajstić information content (AvgIpc) is 3.23. The monoisotopic (exact) mass is 386 g/mol. The lowest BCUT2D eigenvalue weighted by Gasteiger charge is -2.21. The van der Waals surface area contributed by atoms with Crippen LogP contribution in [0, 0.1) is 5.92 Å². The first-order chi connectivity index (χ1) is 13.8. The van der Waals surface area contributed by atoms with Gasteiger partial charge in [0.05, 0.1) is 6.54 Å². The number of aliphatic imine (C=N–C) groups is 1. The zero-order valence-corrected chi connectivity index (χ0v) is 16.5. The zero-order chi connectivity index (χ0) is 19.4. The van der Waals surface area contributed by atoms with E-state index in [1.165, 1.54) is 0 Å². The third-order valence-electron chi connectivity index (χ3n) is 4.73. The average molecular weight is 386 g/mol. The van der Waals surface area contributed by atoms with Crippen LogP contribution >= 0.6 is 0 Å². The Kier molecular flexibility index (Phi) is 8.33. The minimum Gasteiger partial charge on any atom is -0.381 e. The Morgan fingerprint density at radius 2 is 2.04 bits per heavy atom. The Bertz CT molecular complexity index is 711. The molecule has 0 spiro atoms. The van der Waals surface area contributed by atoms with E-state index in [4.69, 9.17) is 14.0 Å². The zero-order valence-electron chi connectivity index (χ0n) is 16.5. The Morgan fingerprint density at radius 3 is 2.82 bits per heavy atom. The first-order valence-corrected chi connectivity index (χ1v) is 9.96. The summed E-state index contributed by atoms with van der Waals surface area (Å²) in [5, 5.41) is 10.7. The van der Waals surface area contributed by atoms with Crippen molar-refractivity contribution in [1.82, 2.24) is 15.8 Å². The molecule has 0 saturated carbocycles. The third-order valence-corrected chi connectivity index (χ3v) is 4.73. The van der Waals surface area contributed by atoms with E-state index >= 15 is 0 Å². The number of ether oxygens (including phenoxy) is 2. The predicted molar refractivity (Wildman–Crippen MR) is 109 cm³/mol. The molecule has 1 aromatic heterocycles. The Labute approximate surface area is 166 Å². The molecule has 0 radical (unpaired) electrons. The van der Waals surface area contributed by atoms with Gasteiger partial charge in [0.25, 0.3) is 0 Å². The first-order valence-electron chi connectivity index (χ1n) is 9.96. The van der Waals surface area contributed by atoms with Gasteiger partial charge in [-0.25, -0.2) is 0 Å². The maximum Gasteiger partial charge on any atom is 0.191 e. The third kappa shape index (κ3) is 6.65. The van der Waals surface area contributed by atoms with Gasteiger partial charge in [-0.05, 0) is 25.2 Å². The van der Waals surface area contributed by atoms with E-state index < -0.39 is 0 Å². The second-order valence-electron chi connectivity index (χ2n) is 6.89. The van der Waals surface area contributed by atoms with Gasteiger partial charge in [0.2, 0.25) is 0 Å². The number of rotatable bonds is 9. The van der Waals surface area contributed by atoms with Crippen LogP contribution in [0.25, 0.3) is 11.3 Å². The molecule has 1 fully saturated rings. The van der Waals surface area contributed by atoms with Crippen molar-refractivity contribution in [2.45, 2.75) is 25.8 Å². The molecule has 7 heteroatoms. The maximum absolute atomic E-state index is 5.78. The Morgan fingerprint density at radius 1 is 1.21 bits per heavy atom. The summed E-state index contributed by atoms with van der Waals surface area (Å²) >= 11 is 0. The topological polar surface area (TPSA) is 80.9 Å². The number of hydrogen-bond donors (Lipinski definition) is 2. The summed E-state index contributed by atoms with van der Waals surface area (Å²) in [6.45, 7) is 4.70. The minimum atomic E-state index is 0.552. The largest absolute Gasteiger partial charge is 0.381 e. The molecule has 0 bridgehead atoms. The molecule has 1 saturated heterocycles. The molecule has 3 rings (SSSR count). The van der Waals surface area contributed by atoms with Crippen molar-refractivity contribution >= 4 is 5.96 Å². The highest BCUT2D eigenvalue weighted by Gasteiger charge is 2.13. The fraction of sp³-hybridized carbons (Fsp3) is 0.524. The normalized spacial score (nSPS) is 15.5. The minimum absolute atomic E-state index is 0.552. The van der Waals surface area contributed by atoms with Crippen LogP contribution in [0.5, 0.6) is 0 Å². The molecule has 28 heavy (non-hydrogen) atoms. The number of nitrogens with zero attached hydrogens (tertiary/aromatic N) is 2. The number of benzene rings is 1. The van der Waals surface area contributed by atoms with E-state index in [1.807, 2.05) is 36.4 Å². The summed E-state index contributed by atoms with van der Waals surface area (Å²) in [5.41, 5.74) is 1.85. The Balaban J connectivity index is 1.30. The van der Waals surface area contributed by atoms with Crippen molar-refractivity contribution in [2.75, 3.05) is 40.0 Å². The summed E-state index contributed by atoms with van der Waals surface area (Å²) in [6.07, 6.45) is 3.16. The second-order valence-corrected chi connectivity index (χ2v) is 6.89. The SMILES string of the molecule is CN=C(NCCCOCC1CCOCC1)NCc1cc(-c2ccccc2)on1. The molecule has 1 aliphatic heterocycles. The first kappa shape index (κ1) is 20.4. The molecule has 2 aromatic rings. The predicted octanol–water partition coefficient (Wildman–Crippen LogP) is 2.84. The Hall–Kier alpha value is -2.38. The van der Waals surface area contributed by atoms with Gasteiger partial charge in [-0.1, -0.05) is 35.5 Å². The quantitative estimate of drug-likeness (QED) is 0.392. The van der Waals surface area contributed by atoms with Crippen molar-refractivity contribution in [1.29, 1.82) is 0 Å². The molecule has 0 amide bonds. The van der Waals surface area contributed by atoms with Crippen molar-refractivity contribution in [3.8, 4) is 11.3 Å². The lowest BCUT2D eigenvalue weighted by Crippen LogP contribution is -2.37. The van der Waals surface area contributed by atoms with Gasteiger partial charge in [-0.2, -0.15) is 0 Å². The van der Waals surface area contributed by atoms with E-state index in [0.717, 1.165) is 75.2 Å². The fourth-order valence-corrected chi connectivity index (χ4v) is 3.07. The van der Waals surface area contributed by atoms with Crippen LogP contribution in [0.3, 0.4) is 0 Å². The smallest absolute Gasteiger partial charge is 0.191 e. The fourth-order valence-electron chi connectivity index (χ4n) is 3.07. The number of hydrogen-bond acceptors (Lipinski definition) is 5. The molecule has 2 N–H and O–H groups in total. The second kappa shape index (κ2) is 11.5. The highest BCUT2D eigenvalue weighted by atomic mass is 16.5. The van der Waals surface area contributed by atoms with Gasteiger partial charge in [0.1, 0.15) is 5.69 Å². The van der Waals surface area contributed by atoms with E-state index in [-0.39, 0.29) is 0 Å². The van der Waals surface area contributed by atoms with Crippen LogP contribution in [-0.2, 0) is 16.0 Å². The molecular formula is C21H30N4O3. The van der Waals surface area contributed by atoms with Crippen LogP contribution in [-0.4, -0.2) is 51.1 Å². The highest BCUT2D eigenvalue weighted by Crippen LogP contribution is 2.19. The molecule has 7 nitrogen and oxygen atoms in total. The summed E-state index contributed by atoms with van der Waals surface area (Å²) in [5.74, 6) is 2.16. The van der Waals surface area contributed by atoms with Crippen LogP contribution < -0.4 is 10.6 Å². The van der Waals surface area contributed by atoms with Crippen molar-refractivity contribution in [3.05, 3.63) is 42.1 Å². The van der Waals surface area contributed by atoms with Gasteiger partial charge in [0.15, 0.2) is 11.7 Å². The molecule has 2 heterocycles. The van der Waals surface area contributed by atoms with Crippen molar-refractivity contribution in [3.63, 3.8) is 0 Å². The molecule has 1 aromatic carbocycles. The van der Waals surface area contributed by atoms with Gasteiger partial charge < -0.3 is 24.6 Å². The van der Waals surface area contributed by atoms with Gasteiger partial charge >= 0.3 is 0 Å². The number of guanidine groups is 1. The van der Waals surface area contributed by atoms with E-state index in [0.29, 0.717) is 12.5 Å². The molecule has 0 aliphatic carbocycles. The highest BCUT2D eigenvalue weighted by molar-refractivity contribution is 5.79. The lowest BCUT2D eigenvalue weighted by atomic mass is 10.0. The van der Waals surface area contributed by atoms with Crippen LogP contribution in [0.1, 0.15) is 25.0 Å². The number of nitrogens with one attached hydrogen (secondary N) is 2. The van der Waals surface area contributed by atoms with Crippen LogP contribution in [0.4, 0.5) is 0 Å². The maximum atomic E-state index is 5.78. The van der Waals surface area contributed by atoms with E-state index in [2.05, 4.69) is 20.8 Å². The summed E-state index contributed by atoms with van der Waals surface area (Å²) in [7, 11) is 1.76. The van der Waals surface area contributed by atoms with Crippen LogP contribution in [0.15, 0.2) is 45.9 Å². The molecule has 0 atom stereocenters. The molecular weight excluding hydrogens is 356 g/mol. The summed E-state index contributed by atoms with van der Waals surface area (Å²) in [4.78, 5) is 4.24. The van der Waals surface area contributed by atoms with Gasteiger partial charge in [-0.3, -0.25) is 4.99 Å². The van der Waals surface area contributed by atoms with Gasteiger partial charge in [-0.15, -0.1) is 0 Å². The summed E-state index contributed by atoms with van der Waals surface area (Å²) in [6, 6.07) is 11.9. The van der Waals surface area contributed by atoms with Gasteiger partial charge in [0, 0.05) is 51.6 Å². The molecule has 0 unspecified atom stereocenters. The lowest BCUT2D eigenvalue weighted by molar-refractivity contribution is 0.0203.